The predicted octanol–water partition coefficient (Wildman–Crippen LogP) is 1.64. The molecule has 0 amide bonds. The maximum Gasteiger partial charge on any atom is 0.00956 e. The molecule has 0 unspecified atom stereocenters. The van der Waals surface area contributed by atoms with E-state index in [0.29, 0.717) is 0 Å². The molecule has 0 rings (SSSR count). The molecule has 0 N–H and O–H groups in total. The first-order valence-electron chi connectivity index (χ1n) is 2.65. The summed E-state index contributed by atoms with van der Waals surface area (Å²) in [5.41, 5.74) is 1.22. The Labute approximate surface area is 51.3 Å². The molecule has 0 heterocycles. The summed E-state index contributed by atoms with van der Waals surface area (Å²) in [6.07, 6.45) is 3.76. The summed E-state index contributed by atoms with van der Waals surface area (Å²) in [5, 5.41) is 0. The zero-order valence-electron chi connectivity index (χ0n) is 5.81. The van der Waals surface area contributed by atoms with Gasteiger partial charge in [-0.15, -0.1) is 0 Å². The Balaban J connectivity index is 3.78. The Bertz CT molecular complexity index is 101. The Morgan fingerprint density at radius 1 is 1.50 bits per heavy atom. The van der Waals surface area contributed by atoms with Crippen LogP contribution in [0.2, 0.25) is 0 Å². The standard InChI is InChI=1S/C7H13N/c1-5-6-7(2)8(3)4/h5-6H,1H2,2-4H3. The van der Waals surface area contributed by atoms with Crippen LogP contribution in [0.25, 0.3) is 0 Å². The van der Waals surface area contributed by atoms with E-state index in [-0.39, 0.29) is 0 Å². The highest BCUT2D eigenvalue weighted by Crippen LogP contribution is 1.93. The topological polar surface area (TPSA) is 3.24 Å². The van der Waals surface area contributed by atoms with Crippen molar-refractivity contribution >= 4 is 0 Å². The number of rotatable bonds is 2. The van der Waals surface area contributed by atoms with E-state index in [1.165, 1.54) is 5.70 Å². The van der Waals surface area contributed by atoms with Gasteiger partial charge in [-0.2, -0.15) is 0 Å². The van der Waals surface area contributed by atoms with Gasteiger partial charge in [-0.05, 0) is 13.0 Å². The van der Waals surface area contributed by atoms with Gasteiger partial charge in [-0.1, -0.05) is 12.7 Å². The summed E-state index contributed by atoms with van der Waals surface area (Å²) in [4.78, 5) is 2.04. The van der Waals surface area contributed by atoms with E-state index in [1.54, 1.807) is 6.08 Å². The maximum absolute atomic E-state index is 3.58. The van der Waals surface area contributed by atoms with E-state index >= 15 is 0 Å². The fourth-order valence-corrected chi connectivity index (χ4v) is 0.320. The minimum absolute atomic E-state index is 1.22. The van der Waals surface area contributed by atoms with Gasteiger partial charge in [-0.3, -0.25) is 0 Å². The van der Waals surface area contributed by atoms with Crippen molar-refractivity contribution in [1.82, 2.24) is 4.90 Å². The molecular formula is C7H13N. The summed E-state index contributed by atoms with van der Waals surface area (Å²) in [6.45, 7) is 5.62. The van der Waals surface area contributed by atoms with Crippen molar-refractivity contribution in [2.24, 2.45) is 0 Å². The quantitative estimate of drug-likeness (QED) is 0.490. The third-order valence-corrected chi connectivity index (χ3v) is 1.06. The van der Waals surface area contributed by atoms with Crippen molar-refractivity contribution in [3.63, 3.8) is 0 Å². The second-order valence-corrected chi connectivity index (χ2v) is 1.94. The van der Waals surface area contributed by atoms with E-state index < -0.39 is 0 Å². The van der Waals surface area contributed by atoms with Crippen LogP contribution in [0.1, 0.15) is 6.92 Å². The highest BCUT2D eigenvalue weighted by molar-refractivity contribution is 5.05. The van der Waals surface area contributed by atoms with E-state index in [0.717, 1.165) is 0 Å². The SMILES string of the molecule is C=CC=C(C)N(C)C. The molecule has 0 saturated carbocycles. The van der Waals surface area contributed by atoms with Crippen LogP contribution in [0, 0.1) is 0 Å². The van der Waals surface area contributed by atoms with E-state index in [1.807, 2.05) is 32.0 Å². The monoisotopic (exact) mass is 111 g/mol. The summed E-state index contributed by atoms with van der Waals surface area (Å²) >= 11 is 0. The third-order valence-electron chi connectivity index (χ3n) is 1.06. The Hall–Kier alpha value is -0.720. The Morgan fingerprint density at radius 3 is 2.12 bits per heavy atom. The van der Waals surface area contributed by atoms with Gasteiger partial charge in [0.25, 0.3) is 0 Å². The van der Waals surface area contributed by atoms with Crippen molar-refractivity contribution in [2.75, 3.05) is 14.1 Å². The molecule has 8 heavy (non-hydrogen) atoms. The first kappa shape index (κ1) is 7.28. The van der Waals surface area contributed by atoms with E-state index in [2.05, 4.69) is 6.58 Å². The Morgan fingerprint density at radius 2 is 2.00 bits per heavy atom. The molecule has 0 aliphatic heterocycles. The Kier molecular flexibility index (Phi) is 3.01. The molecule has 0 saturated heterocycles. The zero-order valence-corrected chi connectivity index (χ0v) is 5.81. The van der Waals surface area contributed by atoms with Crippen molar-refractivity contribution in [1.29, 1.82) is 0 Å². The van der Waals surface area contributed by atoms with Gasteiger partial charge >= 0.3 is 0 Å². The van der Waals surface area contributed by atoms with Crippen LogP contribution in [0.15, 0.2) is 24.4 Å². The summed E-state index contributed by atoms with van der Waals surface area (Å²) in [7, 11) is 4.02. The average Bonchev–Trinajstić information content (AvgIpc) is 1.67. The lowest BCUT2D eigenvalue weighted by Gasteiger charge is -2.10. The van der Waals surface area contributed by atoms with Crippen LogP contribution in [-0.4, -0.2) is 19.0 Å². The third kappa shape index (κ3) is 2.45. The van der Waals surface area contributed by atoms with Crippen LogP contribution < -0.4 is 0 Å². The van der Waals surface area contributed by atoms with E-state index in [9.17, 15) is 0 Å². The van der Waals surface area contributed by atoms with Crippen molar-refractivity contribution in [3.05, 3.63) is 24.4 Å². The number of allylic oxidation sites excluding steroid dienone is 3. The highest BCUT2D eigenvalue weighted by Gasteiger charge is 1.84. The second kappa shape index (κ2) is 3.30. The number of hydrogen-bond acceptors (Lipinski definition) is 1. The van der Waals surface area contributed by atoms with Crippen molar-refractivity contribution in [2.45, 2.75) is 6.92 Å². The molecule has 1 nitrogen and oxygen atoms in total. The van der Waals surface area contributed by atoms with Gasteiger partial charge < -0.3 is 4.90 Å². The van der Waals surface area contributed by atoms with Gasteiger partial charge in [0.15, 0.2) is 0 Å². The molecule has 1 heteroatoms. The minimum Gasteiger partial charge on any atom is -0.381 e. The van der Waals surface area contributed by atoms with Gasteiger partial charge in [-0.25, -0.2) is 0 Å². The molecule has 0 radical (unpaired) electrons. The highest BCUT2D eigenvalue weighted by atomic mass is 15.1. The van der Waals surface area contributed by atoms with Crippen LogP contribution in [0.5, 0.6) is 0 Å². The lowest BCUT2D eigenvalue weighted by molar-refractivity contribution is 0.514. The molecule has 0 bridgehead atoms. The molecular weight excluding hydrogens is 98.1 g/mol. The number of nitrogens with zero attached hydrogens (tertiary/aromatic N) is 1. The van der Waals surface area contributed by atoms with Gasteiger partial charge in [0.05, 0.1) is 0 Å². The first-order valence-corrected chi connectivity index (χ1v) is 2.65. The summed E-state index contributed by atoms with van der Waals surface area (Å²) < 4.78 is 0. The van der Waals surface area contributed by atoms with Gasteiger partial charge in [0.1, 0.15) is 0 Å². The van der Waals surface area contributed by atoms with Crippen molar-refractivity contribution in [3.8, 4) is 0 Å². The van der Waals surface area contributed by atoms with Gasteiger partial charge in [0.2, 0.25) is 0 Å². The summed E-state index contributed by atoms with van der Waals surface area (Å²) in [5.74, 6) is 0. The average molecular weight is 111 g/mol. The smallest absolute Gasteiger partial charge is 0.00956 e. The summed E-state index contributed by atoms with van der Waals surface area (Å²) in [6, 6.07) is 0. The molecule has 0 aromatic rings. The molecule has 0 aliphatic rings. The molecule has 0 fully saturated rings. The normalized spacial score (nSPS) is 11.1. The van der Waals surface area contributed by atoms with E-state index in [4.69, 9.17) is 0 Å². The van der Waals surface area contributed by atoms with Crippen LogP contribution >= 0.6 is 0 Å². The predicted molar refractivity (Wildman–Crippen MR) is 37.6 cm³/mol. The molecule has 0 spiro atoms. The van der Waals surface area contributed by atoms with Crippen LogP contribution in [0.4, 0.5) is 0 Å². The number of hydrogen-bond donors (Lipinski definition) is 0. The largest absolute Gasteiger partial charge is 0.381 e. The molecule has 0 aliphatic carbocycles. The minimum atomic E-state index is 1.22. The molecule has 0 aromatic carbocycles. The van der Waals surface area contributed by atoms with Crippen LogP contribution in [0.3, 0.4) is 0 Å². The lowest BCUT2D eigenvalue weighted by atomic mass is 10.4. The molecule has 0 aromatic heterocycles. The fourth-order valence-electron chi connectivity index (χ4n) is 0.320. The molecule has 0 atom stereocenters. The fraction of sp³-hybridized carbons (Fsp3) is 0.429. The van der Waals surface area contributed by atoms with Crippen LogP contribution in [-0.2, 0) is 0 Å². The van der Waals surface area contributed by atoms with Crippen molar-refractivity contribution < 1.29 is 0 Å². The second-order valence-electron chi connectivity index (χ2n) is 1.94. The van der Waals surface area contributed by atoms with Gasteiger partial charge in [0, 0.05) is 19.8 Å². The zero-order chi connectivity index (χ0) is 6.57. The first-order chi connectivity index (χ1) is 3.68. The lowest BCUT2D eigenvalue weighted by Crippen LogP contribution is -2.07. The maximum atomic E-state index is 3.58. The molecule has 46 valence electrons.